The second kappa shape index (κ2) is 6.33. The van der Waals surface area contributed by atoms with E-state index in [0.29, 0.717) is 47.3 Å². The monoisotopic (exact) mass is 411 g/mol. The highest BCUT2D eigenvalue weighted by atomic mass is 16.5. The number of hydrogen-bond acceptors (Lipinski definition) is 5. The van der Waals surface area contributed by atoms with Gasteiger partial charge < -0.3 is 24.8 Å². The van der Waals surface area contributed by atoms with E-state index in [2.05, 4.69) is 4.98 Å². The number of aromatic amines is 1. The summed E-state index contributed by atoms with van der Waals surface area (Å²) in [5, 5.41) is 23.7. The first-order valence-electron chi connectivity index (χ1n) is 10.2. The second-order valence-corrected chi connectivity index (χ2v) is 8.55. The van der Waals surface area contributed by atoms with Gasteiger partial charge in [-0.25, -0.2) is 0 Å². The molecule has 2 amide bonds. The fourth-order valence-electron chi connectivity index (χ4n) is 5.19. The summed E-state index contributed by atoms with van der Waals surface area (Å²) in [6.07, 6.45) is 1.53. The van der Waals surface area contributed by atoms with E-state index in [9.17, 15) is 19.8 Å². The first-order chi connectivity index (χ1) is 14.3. The molecular weight excluding hydrogens is 386 g/mol. The van der Waals surface area contributed by atoms with Crippen LogP contribution in [0, 0.1) is 0 Å². The molecule has 4 atom stereocenters. The molecule has 5 rings (SSSR count). The van der Waals surface area contributed by atoms with Crippen molar-refractivity contribution in [1.29, 1.82) is 0 Å². The van der Waals surface area contributed by atoms with Crippen molar-refractivity contribution in [2.45, 2.75) is 50.6 Å². The molecule has 2 fully saturated rings. The minimum absolute atomic E-state index is 0.335. The van der Waals surface area contributed by atoms with E-state index in [0.717, 1.165) is 5.57 Å². The highest BCUT2D eigenvalue weighted by Gasteiger charge is 2.65. The number of amides is 2. The first kappa shape index (κ1) is 19.1. The first-order valence-corrected chi connectivity index (χ1v) is 10.2. The van der Waals surface area contributed by atoms with Crippen LogP contribution in [0.5, 0.6) is 5.75 Å². The summed E-state index contributed by atoms with van der Waals surface area (Å²) in [7, 11) is 1.57. The van der Waals surface area contributed by atoms with Gasteiger partial charge in [0.15, 0.2) is 0 Å². The van der Waals surface area contributed by atoms with Crippen LogP contribution < -0.4 is 4.74 Å². The van der Waals surface area contributed by atoms with Crippen LogP contribution in [0.3, 0.4) is 0 Å². The number of allylic oxidation sites excluding steroid dienone is 1. The zero-order valence-corrected chi connectivity index (χ0v) is 17.2. The van der Waals surface area contributed by atoms with E-state index in [-0.39, 0.29) is 5.91 Å². The van der Waals surface area contributed by atoms with E-state index >= 15 is 0 Å². The van der Waals surface area contributed by atoms with Crippen molar-refractivity contribution in [3.63, 3.8) is 0 Å². The lowest BCUT2D eigenvalue weighted by Gasteiger charge is -2.54. The third-order valence-electron chi connectivity index (χ3n) is 6.51. The SMILES string of the molecule is COc1ccc2c3c([nH]c2c1)[C@H](C=C(C)C)N1C(=O)[C@@H]2CCCN2C(=O)[C@]1(O)[C@H]3O. The van der Waals surface area contributed by atoms with Crippen LogP contribution in [0.15, 0.2) is 29.8 Å². The van der Waals surface area contributed by atoms with Gasteiger partial charge in [0.05, 0.1) is 13.2 Å². The van der Waals surface area contributed by atoms with Gasteiger partial charge in [-0.2, -0.15) is 0 Å². The van der Waals surface area contributed by atoms with Gasteiger partial charge >= 0.3 is 0 Å². The molecule has 2 saturated heterocycles. The van der Waals surface area contributed by atoms with Gasteiger partial charge in [-0.05, 0) is 38.8 Å². The molecule has 3 N–H and O–H groups in total. The molecule has 0 radical (unpaired) electrons. The van der Waals surface area contributed by atoms with Crippen LogP contribution in [0.2, 0.25) is 0 Å². The number of piperazine rings is 1. The molecule has 8 nitrogen and oxygen atoms in total. The number of hydrogen-bond donors (Lipinski definition) is 3. The number of nitrogens with zero attached hydrogens (tertiary/aromatic N) is 2. The van der Waals surface area contributed by atoms with Crippen LogP contribution in [0.25, 0.3) is 10.9 Å². The number of aliphatic hydroxyl groups is 2. The lowest BCUT2D eigenvalue weighted by molar-refractivity contribution is -0.229. The van der Waals surface area contributed by atoms with Crippen LogP contribution in [0.4, 0.5) is 0 Å². The molecule has 0 bridgehead atoms. The highest BCUT2D eigenvalue weighted by molar-refractivity contribution is 6.01. The summed E-state index contributed by atoms with van der Waals surface area (Å²) >= 11 is 0. The normalized spacial score (nSPS) is 30.2. The summed E-state index contributed by atoms with van der Waals surface area (Å²) in [6.45, 7) is 4.20. The summed E-state index contributed by atoms with van der Waals surface area (Å²) in [5.74, 6) is -0.311. The number of fused-ring (bicyclic) bond motifs is 5. The number of rotatable bonds is 2. The Kier molecular flexibility index (Phi) is 4.04. The Hall–Kier alpha value is -2.84. The van der Waals surface area contributed by atoms with Gasteiger partial charge in [0.2, 0.25) is 5.91 Å². The summed E-state index contributed by atoms with van der Waals surface area (Å²) < 4.78 is 5.30. The molecule has 2 aromatic rings. The van der Waals surface area contributed by atoms with E-state index in [4.69, 9.17) is 4.74 Å². The average molecular weight is 411 g/mol. The number of ether oxygens (including phenoxy) is 1. The Labute approximate surface area is 173 Å². The highest BCUT2D eigenvalue weighted by Crippen LogP contribution is 2.51. The van der Waals surface area contributed by atoms with Crippen LogP contribution >= 0.6 is 0 Å². The van der Waals surface area contributed by atoms with E-state index in [1.165, 1.54) is 9.80 Å². The van der Waals surface area contributed by atoms with Gasteiger partial charge in [-0.15, -0.1) is 0 Å². The number of carbonyl (C=O) groups is 2. The molecule has 3 aliphatic rings. The Morgan fingerprint density at radius 1 is 1.33 bits per heavy atom. The fraction of sp³-hybridized carbons (Fsp3) is 0.455. The standard InChI is InChI=1S/C22H25N3O5/c1-11(2)9-16-18-17(13-7-6-12(30-3)10-14(13)23-18)19(26)22(29)21(28)24-8-4-5-15(24)20(27)25(16)22/h6-7,9-10,15-16,19,23,26,29H,4-5,8H2,1-3H3/t15-,16-,19-,22+/m0/s1. The molecule has 3 aliphatic heterocycles. The maximum atomic E-state index is 13.5. The fourth-order valence-corrected chi connectivity index (χ4v) is 5.19. The number of carbonyl (C=O) groups excluding carboxylic acids is 2. The number of aromatic nitrogens is 1. The van der Waals surface area contributed by atoms with Crippen molar-refractivity contribution in [2.24, 2.45) is 0 Å². The van der Waals surface area contributed by atoms with Crippen LogP contribution in [-0.2, 0) is 9.59 Å². The average Bonchev–Trinajstić information content (AvgIpc) is 3.34. The number of benzene rings is 1. The topological polar surface area (TPSA) is 106 Å². The molecule has 8 heteroatoms. The zero-order chi connectivity index (χ0) is 21.4. The van der Waals surface area contributed by atoms with Gasteiger partial charge in [0.1, 0.15) is 17.9 Å². The van der Waals surface area contributed by atoms with Gasteiger partial charge in [-0.3, -0.25) is 14.5 Å². The number of methoxy groups -OCH3 is 1. The Morgan fingerprint density at radius 2 is 2.10 bits per heavy atom. The largest absolute Gasteiger partial charge is 0.497 e. The van der Waals surface area contributed by atoms with Crippen molar-refractivity contribution in [3.05, 3.63) is 41.1 Å². The lowest BCUT2D eigenvalue weighted by atomic mass is 9.82. The van der Waals surface area contributed by atoms with Crippen LogP contribution in [0.1, 0.15) is 50.1 Å². The summed E-state index contributed by atoms with van der Waals surface area (Å²) in [6, 6.07) is 4.06. The second-order valence-electron chi connectivity index (χ2n) is 8.55. The third kappa shape index (κ3) is 2.29. The minimum atomic E-state index is -2.35. The van der Waals surface area contributed by atoms with Crippen molar-refractivity contribution in [3.8, 4) is 5.75 Å². The minimum Gasteiger partial charge on any atom is -0.497 e. The van der Waals surface area contributed by atoms with Gasteiger partial charge in [0.25, 0.3) is 11.6 Å². The molecule has 0 aliphatic carbocycles. The van der Waals surface area contributed by atoms with Gasteiger partial charge in [0, 0.05) is 34.8 Å². The predicted molar refractivity (Wildman–Crippen MR) is 109 cm³/mol. The van der Waals surface area contributed by atoms with E-state index in [1.54, 1.807) is 25.3 Å². The molecule has 4 heterocycles. The van der Waals surface area contributed by atoms with Crippen molar-refractivity contribution in [2.75, 3.05) is 13.7 Å². The smallest absolute Gasteiger partial charge is 0.279 e. The lowest BCUT2D eigenvalue weighted by Crippen LogP contribution is -2.74. The Bertz CT molecular complexity index is 1100. The molecule has 1 aromatic heterocycles. The maximum absolute atomic E-state index is 13.5. The van der Waals surface area contributed by atoms with E-state index in [1.807, 2.05) is 19.9 Å². The number of H-pyrrole nitrogens is 1. The molecular formula is C22H25N3O5. The van der Waals surface area contributed by atoms with Crippen molar-refractivity contribution >= 4 is 22.7 Å². The maximum Gasteiger partial charge on any atom is 0.279 e. The number of aliphatic hydroxyl groups excluding tert-OH is 1. The molecule has 30 heavy (non-hydrogen) atoms. The number of nitrogens with one attached hydrogen (secondary N) is 1. The van der Waals surface area contributed by atoms with Crippen molar-refractivity contribution < 1.29 is 24.5 Å². The Morgan fingerprint density at radius 3 is 2.80 bits per heavy atom. The quantitative estimate of drug-likeness (QED) is 0.653. The third-order valence-corrected chi connectivity index (χ3v) is 6.51. The molecule has 0 saturated carbocycles. The summed E-state index contributed by atoms with van der Waals surface area (Å²) in [5.41, 5.74) is 0.317. The molecule has 158 valence electrons. The van der Waals surface area contributed by atoms with Gasteiger partial charge in [-0.1, -0.05) is 11.6 Å². The molecule has 0 unspecified atom stereocenters. The Balaban J connectivity index is 1.80. The molecule has 0 spiro atoms. The predicted octanol–water partition coefficient (Wildman–Crippen LogP) is 1.75. The molecule has 1 aromatic carbocycles. The van der Waals surface area contributed by atoms with Crippen molar-refractivity contribution in [1.82, 2.24) is 14.8 Å². The zero-order valence-electron chi connectivity index (χ0n) is 17.2. The van der Waals surface area contributed by atoms with E-state index < -0.39 is 29.8 Å². The van der Waals surface area contributed by atoms with Crippen LogP contribution in [-0.4, -0.2) is 62.2 Å². The summed E-state index contributed by atoms with van der Waals surface area (Å²) in [4.78, 5) is 32.8.